The van der Waals surface area contributed by atoms with Gasteiger partial charge in [-0.2, -0.15) is 0 Å². The third-order valence-corrected chi connectivity index (χ3v) is 3.76. The van der Waals surface area contributed by atoms with Crippen LogP contribution in [0.5, 0.6) is 0 Å². The van der Waals surface area contributed by atoms with Crippen LogP contribution in [-0.2, 0) is 9.53 Å². The van der Waals surface area contributed by atoms with Crippen molar-refractivity contribution >= 4 is 29.6 Å². The molecule has 2 aromatic carbocycles. The molecule has 0 aliphatic carbocycles. The van der Waals surface area contributed by atoms with Crippen molar-refractivity contribution < 1.29 is 23.9 Å². The van der Waals surface area contributed by atoms with Gasteiger partial charge in [0, 0.05) is 22.2 Å². The molecule has 0 aliphatic rings. The molecule has 0 aromatic heterocycles. The lowest BCUT2D eigenvalue weighted by Crippen LogP contribution is -2.27. The number of ketones is 1. The molecule has 0 saturated heterocycles. The van der Waals surface area contributed by atoms with Crippen LogP contribution < -0.4 is 5.32 Å². The fourth-order valence-electron chi connectivity index (χ4n) is 2.05. The van der Waals surface area contributed by atoms with Crippen LogP contribution in [0.4, 0.5) is 5.69 Å². The monoisotopic (exact) mass is 367 g/mol. The maximum absolute atomic E-state index is 12.2. The lowest BCUT2D eigenvalue weighted by atomic mass is 9.95. The maximum atomic E-state index is 12.2. The average molecular weight is 367 g/mol. The molecule has 0 unspecified atom stereocenters. The Morgan fingerprint density at radius 3 is 2.00 bits per heavy atom. The zero-order valence-electron chi connectivity index (χ0n) is 15.4. The van der Waals surface area contributed by atoms with Gasteiger partial charge in [-0.25, -0.2) is 4.79 Å². The van der Waals surface area contributed by atoms with Gasteiger partial charge in [0.1, 0.15) is 6.29 Å². The van der Waals surface area contributed by atoms with Crippen LogP contribution in [0.1, 0.15) is 51.8 Å². The Balaban J connectivity index is 1.92. The Bertz CT molecular complexity index is 846. The van der Waals surface area contributed by atoms with Gasteiger partial charge >= 0.3 is 5.97 Å². The van der Waals surface area contributed by atoms with Gasteiger partial charge in [0.2, 0.25) is 5.91 Å². The van der Waals surface area contributed by atoms with Crippen molar-refractivity contribution in [3.05, 3.63) is 65.2 Å². The Kier molecular flexibility index (Phi) is 6.23. The summed E-state index contributed by atoms with van der Waals surface area (Å²) >= 11 is 0. The molecule has 0 fully saturated rings. The average Bonchev–Trinajstić information content (AvgIpc) is 2.65. The van der Waals surface area contributed by atoms with Gasteiger partial charge in [-0.15, -0.1) is 0 Å². The van der Waals surface area contributed by atoms with Crippen LogP contribution in [0.2, 0.25) is 0 Å². The lowest BCUT2D eigenvalue weighted by molar-refractivity contribution is -0.123. The summed E-state index contributed by atoms with van der Waals surface area (Å²) in [6.45, 7) is 5.02. The van der Waals surface area contributed by atoms with Gasteiger partial charge in [-0.3, -0.25) is 14.4 Å². The van der Waals surface area contributed by atoms with E-state index in [0.717, 1.165) is 0 Å². The molecule has 0 spiro atoms. The highest BCUT2D eigenvalue weighted by Crippen LogP contribution is 2.18. The number of hydrogen-bond acceptors (Lipinski definition) is 5. The summed E-state index contributed by atoms with van der Waals surface area (Å²) in [4.78, 5) is 46.7. The number of esters is 1. The van der Waals surface area contributed by atoms with Crippen LogP contribution in [0, 0.1) is 5.41 Å². The first-order valence-electron chi connectivity index (χ1n) is 8.38. The lowest BCUT2D eigenvalue weighted by Gasteiger charge is -2.17. The minimum absolute atomic E-state index is 0.129. The van der Waals surface area contributed by atoms with E-state index >= 15 is 0 Å². The van der Waals surface area contributed by atoms with Gasteiger partial charge in [-0.1, -0.05) is 32.9 Å². The predicted octanol–water partition coefficient (Wildman–Crippen LogP) is 3.52. The van der Waals surface area contributed by atoms with E-state index in [1.807, 2.05) is 0 Å². The number of amides is 1. The molecular formula is C21H21NO5. The van der Waals surface area contributed by atoms with Crippen LogP contribution in [-0.4, -0.2) is 30.6 Å². The van der Waals surface area contributed by atoms with E-state index in [4.69, 9.17) is 4.74 Å². The summed E-state index contributed by atoms with van der Waals surface area (Å²) in [5.74, 6) is -1.13. The number of ether oxygens (including phenoxy) is 1. The Hall–Kier alpha value is -3.28. The first kappa shape index (κ1) is 20.0. The smallest absolute Gasteiger partial charge is 0.338 e. The number of carbonyl (C=O) groups is 4. The molecule has 2 rings (SSSR count). The van der Waals surface area contributed by atoms with Gasteiger partial charge < -0.3 is 10.1 Å². The third kappa shape index (κ3) is 5.60. The summed E-state index contributed by atoms with van der Waals surface area (Å²) in [6, 6.07) is 12.3. The van der Waals surface area contributed by atoms with E-state index in [1.54, 1.807) is 45.0 Å². The maximum Gasteiger partial charge on any atom is 0.338 e. The SMILES string of the molecule is CC(C)(C)C(=O)Nc1ccc(C(=O)COC(=O)c2ccc(C=O)cc2)cc1. The molecule has 2 aromatic rings. The molecule has 0 saturated carbocycles. The van der Waals surface area contributed by atoms with E-state index in [-0.39, 0.29) is 17.3 Å². The van der Waals surface area contributed by atoms with E-state index in [2.05, 4.69) is 5.32 Å². The third-order valence-electron chi connectivity index (χ3n) is 3.76. The topological polar surface area (TPSA) is 89.5 Å². The summed E-state index contributed by atoms with van der Waals surface area (Å²) in [5, 5.41) is 2.77. The van der Waals surface area contributed by atoms with E-state index in [0.29, 0.717) is 23.1 Å². The number of Topliss-reactive ketones (excluding diaryl/α,β-unsaturated/α-hetero) is 1. The highest BCUT2D eigenvalue weighted by molar-refractivity contribution is 6.00. The summed E-state index contributed by atoms with van der Waals surface area (Å²) in [7, 11) is 0. The molecule has 0 radical (unpaired) electrons. The zero-order chi connectivity index (χ0) is 20.0. The zero-order valence-corrected chi connectivity index (χ0v) is 15.4. The highest BCUT2D eigenvalue weighted by atomic mass is 16.5. The highest BCUT2D eigenvalue weighted by Gasteiger charge is 2.21. The van der Waals surface area contributed by atoms with Crippen molar-refractivity contribution in [2.24, 2.45) is 5.41 Å². The van der Waals surface area contributed by atoms with Gasteiger partial charge in [0.15, 0.2) is 12.4 Å². The molecule has 6 heteroatoms. The Labute approximate surface area is 157 Å². The molecule has 6 nitrogen and oxygen atoms in total. The molecule has 1 N–H and O–H groups in total. The second kappa shape index (κ2) is 8.40. The van der Waals surface area contributed by atoms with Crippen molar-refractivity contribution in [2.75, 3.05) is 11.9 Å². The minimum Gasteiger partial charge on any atom is -0.454 e. The predicted molar refractivity (Wildman–Crippen MR) is 101 cm³/mol. The number of carbonyl (C=O) groups excluding carboxylic acids is 4. The van der Waals surface area contributed by atoms with Crippen LogP contribution >= 0.6 is 0 Å². The minimum atomic E-state index is -0.644. The normalized spacial score (nSPS) is 10.8. The molecule has 0 heterocycles. The van der Waals surface area contributed by atoms with E-state index in [1.165, 1.54) is 24.3 Å². The number of rotatable bonds is 6. The Morgan fingerprint density at radius 2 is 1.48 bits per heavy atom. The summed E-state index contributed by atoms with van der Waals surface area (Å²) < 4.78 is 5.01. The molecular weight excluding hydrogens is 346 g/mol. The number of nitrogens with one attached hydrogen (secondary N) is 1. The molecule has 1 amide bonds. The molecule has 0 bridgehead atoms. The quantitative estimate of drug-likeness (QED) is 0.479. The second-order valence-corrected chi connectivity index (χ2v) is 7.02. The van der Waals surface area contributed by atoms with E-state index in [9.17, 15) is 19.2 Å². The van der Waals surface area contributed by atoms with Crippen molar-refractivity contribution in [2.45, 2.75) is 20.8 Å². The fraction of sp³-hybridized carbons (Fsp3) is 0.238. The number of aldehydes is 1. The van der Waals surface area contributed by atoms with Crippen LogP contribution in [0.25, 0.3) is 0 Å². The molecule has 0 atom stereocenters. The molecule has 0 aliphatic heterocycles. The summed E-state index contributed by atoms with van der Waals surface area (Å²) in [5.41, 5.74) is 1.13. The fourth-order valence-corrected chi connectivity index (χ4v) is 2.05. The number of hydrogen-bond donors (Lipinski definition) is 1. The van der Waals surface area contributed by atoms with Gasteiger partial charge in [-0.05, 0) is 36.4 Å². The van der Waals surface area contributed by atoms with Crippen molar-refractivity contribution in [3.63, 3.8) is 0 Å². The van der Waals surface area contributed by atoms with Crippen molar-refractivity contribution in [1.82, 2.24) is 0 Å². The van der Waals surface area contributed by atoms with E-state index < -0.39 is 18.0 Å². The second-order valence-electron chi connectivity index (χ2n) is 7.02. The first-order valence-corrected chi connectivity index (χ1v) is 8.38. The first-order chi connectivity index (χ1) is 12.7. The van der Waals surface area contributed by atoms with Crippen LogP contribution in [0.15, 0.2) is 48.5 Å². The van der Waals surface area contributed by atoms with Crippen molar-refractivity contribution in [3.8, 4) is 0 Å². The van der Waals surface area contributed by atoms with Gasteiger partial charge in [0.25, 0.3) is 0 Å². The summed E-state index contributed by atoms with van der Waals surface area (Å²) in [6.07, 6.45) is 0.673. The number of benzene rings is 2. The number of anilines is 1. The van der Waals surface area contributed by atoms with Gasteiger partial charge in [0.05, 0.1) is 5.56 Å². The van der Waals surface area contributed by atoms with Crippen LogP contribution in [0.3, 0.4) is 0 Å². The Morgan fingerprint density at radius 1 is 0.926 bits per heavy atom. The molecule has 27 heavy (non-hydrogen) atoms. The molecule has 140 valence electrons. The largest absolute Gasteiger partial charge is 0.454 e. The van der Waals surface area contributed by atoms with Crippen molar-refractivity contribution in [1.29, 1.82) is 0 Å². The standard InChI is InChI=1S/C21H21NO5/c1-21(2,3)20(26)22-17-10-8-15(9-11-17)18(24)13-27-19(25)16-6-4-14(12-23)5-7-16/h4-12H,13H2,1-3H3,(H,22,26).